The molecule has 0 radical (unpaired) electrons. The van der Waals surface area contributed by atoms with Crippen molar-refractivity contribution in [3.8, 4) is 5.75 Å². The summed E-state index contributed by atoms with van der Waals surface area (Å²) in [6, 6.07) is 15.5. The maximum absolute atomic E-state index is 12.7. The lowest BCUT2D eigenvalue weighted by atomic mass is 9.99. The molecule has 1 aliphatic carbocycles. The molecule has 0 spiro atoms. The number of benzene rings is 3. The topological polar surface area (TPSA) is 67.4 Å². The zero-order valence-electron chi connectivity index (χ0n) is 16.0. The number of aryl methyl sites for hydroxylation is 3. The van der Waals surface area contributed by atoms with Gasteiger partial charge in [-0.05, 0) is 65.4 Å². The van der Waals surface area contributed by atoms with Crippen molar-refractivity contribution in [3.05, 3.63) is 70.8 Å². The largest absolute Gasteiger partial charge is 0.495 e. The summed E-state index contributed by atoms with van der Waals surface area (Å²) >= 11 is 0. The molecule has 2 amide bonds. The van der Waals surface area contributed by atoms with Gasteiger partial charge in [0.2, 0.25) is 5.91 Å². The van der Waals surface area contributed by atoms with Crippen molar-refractivity contribution in [2.45, 2.75) is 19.8 Å². The van der Waals surface area contributed by atoms with Crippen molar-refractivity contribution in [1.29, 1.82) is 0 Å². The van der Waals surface area contributed by atoms with E-state index < -0.39 is 0 Å². The average molecular weight is 374 g/mol. The minimum Gasteiger partial charge on any atom is -0.495 e. The fourth-order valence-electron chi connectivity index (χ4n) is 3.81. The van der Waals surface area contributed by atoms with Crippen LogP contribution in [0.5, 0.6) is 5.75 Å². The van der Waals surface area contributed by atoms with Crippen molar-refractivity contribution in [2.75, 3.05) is 19.0 Å². The third-order valence-corrected chi connectivity index (χ3v) is 5.16. The van der Waals surface area contributed by atoms with Gasteiger partial charge in [0.05, 0.1) is 19.3 Å². The number of carbonyl (C=O) groups is 2. The Labute approximate surface area is 163 Å². The zero-order chi connectivity index (χ0) is 19.7. The van der Waals surface area contributed by atoms with Crippen LogP contribution in [0.4, 0.5) is 5.69 Å². The third-order valence-electron chi connectivity index (χ3n) is 5.16. The molecule has 5 nitrogen and oxygen atoms in total. The molecule has 1 aliphatic rings. The second-order valence-electron chi connectivity index (χ2n) is 7.05. The number of ether oxygens (including phenoxy) is 1. The molecule has 3 aromatic rings. The smallest absolute Gasteiger partial charge is 0.252 e. The molecule has 4 rings (SSSR count). The molecule has 3 aromatic carbocycles. The molecule has 142 valence electrons. The van der Waals surface area contributed by atoms with Gasteiger partial charge in [0.25, 0.3) is 5.91 Å². The second kappa shape index (κ2) is 7.35. The summed E-state index contributed by atoms with van der Waals surface area (Å²) < 4.78 is 5.27. The first kappa shape index (κ1) is 18.0. The summed E-state index contributed by atoms with van der Waals surface area (Å²) in [7, 11) is 1.55. The van der Waals surface area contributed by atoms with Crippen molar-refractivity contribution >= 4 is 28.3 Å². The van der Waals surface area contributed by atoms with Crippen molar-refractivity contribution < 1.29 is 14.3 Å². The molecule has 0 atom stereocenters. The van der Waals surface area contributed by atoms with Gasteiger partial charge < -0.3 is 15.4 Å². The summed E-state index contributed by atoms with van der Waals surface area (Å²) in [5, 5.41) is 7.66. The highest BCUT2D eigenvalue weighted by atomic mass is 16.5. The number of nitrogens with one attached hydrogen (secondary N) is 2. The first-order chi connectivity index (χ1) is 13.6. The van der Waals surface area contributed by atoms with Gasteiger partial charge in [0.1, 0.15) is 5.75 Å². The Morgan fingerprint density at radius 1 is 1.04 bits per heavy atom. The molecule has 0 fully saturated rings. The van der Waals surface area contributed by atoms with E-state index in [4.69, 9.17) is 4.74 Å². The number of rotatable bonds is 5. The standard InChI is InChI=1S/C23H22N2O3/c1-14-6-11-20(28-2)19(12-14)25-21(26)13-24-23(27)18-10-9-16-8-7-15-4-3-5-17(18)22(15)16/h3-6,9-12H,7-8,13H2,1-2H3,(H,24,27)(H,25,26). The Morgan fingerprint density at radius 3 is 2.61 bits per heavy atom. The Hall–Kier alpha value is -3.34. The van der Waals surface area contributed by atoms with Crippen molar-refractivity contribution in [2.24, 2.45) is 0 Å². The molecule has 0 aromatic heterocycles. The SMILES string of the molecule is COc1ccc(C)cc1NC(=O)CNC(=O)c1ccc2c3c(cccc13)CC2. The fraction of sp³-hybridized carbons (Fsp3) is 0.217. The van der Waals surface area contributed by atoms with E-state index in [0.717, 1.165) is 23.8 Å². The molecule has 0 heterocycles. The van der Waals surface area contributed by atoms with Crippen LogP contribution in [0.25, 0.3) is 10.8 Å². The summed E-state index contributed by atoms with van der Waals surface area (Å²) in [6.07, 6.45) is 2.02. The molecule has 0 bridgehead atoms. The third kappa shape index (κ3) is 3.31. The molecule has 2 N–H and O–H groups in total. The Kier molecular flexibility index (Phi) is 4.74. The van der Waals surface area contributed by atoms with E-state index in [1.807, 2.05) is 43.3 Å². The van der Waals surface area contributed by atoms with E-state index >= 15 is 0 Å². The molecular weight excluding hydrogens is 352 g/mol. The van der Waals surface area contributed by atoms with Gasteiger partial charge >= 0.3 is 0 Å². The van der Waals surface area contributed by atoms with Crippen LogP contribution in [0, 0.1) is 6.92 Å². The lowest BCUT2D eigenvalue weighted by Crippen LogP contribution is -2.33. The van der Waals surface area contributed by atoms with Crippen LogP contribution in [0.1, 0.15) is 27.0 Å². The van der Waals surface area contributed by atoms with Gasteiger partial charge in [-0.25, -0.2) is 0 Å². The predicted octanol–water partition coefficient (Wildman–Crippen LogP) is 3.62. The van der Waals surface area contributed by atoms with E-state index in [2.05, 4.69) is 16.7 Å². The van der Waals surface area contributed by atoms with E-state index in [9.17, 15) is 9.59 Å². The maximum atomic E-state index is 12.7. The minimum atomic E-state index is -0.303. The highest BCUT2D eigenvalue weighted by Gasteiger charge is 2.19. The number of anilines is 1. The van der Waals surface area contributed by atoms with Crippen LogP contribution in [-0.4, -0.2) is 25.5 Å². The zero-order valence-corrected chi connectivity index (χ0v) is 16.0. The van der Waals surface area contributed by atoms with Crippen LogP contribution < -0.4 is 15.4 Å². The summed E-state index contributed by atoms with van der Waals surface area (Å²) in [4.78, 5) is 25.0. The van der Waals surface area contributed by atoms with Gasteiger partial charge in [-0.3, -0.25) is 9.59 Å². The number of hydrogen-bond acceptors (Lipinski definition) is 3. The molecule has 0 saturated carbocycles. The Balaban J connectivity index is 1.48. The van der Waals surface area contributed by atoms with Crippen LogP contribution in [0.15, 0.2) is 48.5 Å². The monoisotopic (exact) mass is 374 g/mol. The van der Waals surface area contributed by atoms with E-state index in [1.165, 1.54) is 16.5 Å². The predicted molar refractivity (Wildman–Crippen MR) is 110 cm³/mol. The first-order valence-electron chi connectivity index (χ1n) is 9.33. The molecule has 5 heteroatoms. The van der Waals surface area contributed by atoms with Crippen molar-refractivity contribution in [1.82, 2.24) is 5.32 Å². The highest BCUT2D eigenvalue weighted by molar-refractivity contribution is 6.10. The first-order valence-corrected chi connectivity index (χ1v) is 9.33. The molecule has 0 aliphatic heterocycles. The van der Waals surface area contributed by atoms with Gasteiger partial charge in [-0.2, -0.15) is 0 Å². The number of hydrogen-bond donors (Lipinski definition) is 2. The van der Waals surface area contributed by atoms with E-state index in [1.54, 1.807) is 13.2 Å². The highest BCUT2D eigenvalue weighted by Crippen LogP contribution is 2.32. The number of amides is 2. The minimum absolute atomic E-state index is 0.112. The summed E-state index contributed by atoms with van der Waals surface area (Å²) in [5.41, 5.74) is 4.77. The Bertz CT molecular complexity index is 1080. The van der Waals surface area contributed by atoms with Gasteiger partial charge in [0.15, 0.2) is 0 Å². The molecule has 28 heavy (non-hydrogen) atoms. The van der Waals surface area contributed by atoms with E-state index in [-0.39, 0.29) is 18.4 Å². The van der Waals surface area contributed by atoms with Crippen LogP contribution in [0.3, 0.4) is 0 Å². The van der Waals surface area contributed by atoms with Crippen LogP contribution in [-0.2, 0) is 17.6 Å². The van der Waals surface area contributed by atoms with Crippen LogP contribution in [0.2, 0.25) is 0 Å². The number of methoxy groups -OCH3 is 1. The normalized spacial score (nSPS) is 12.1. The molecule has 0 unspecified atom stereocenters. The quantitative estimate of drug-likeness (QED) is 0.717. The lowest BCUT2D eigenvalue weighted by Gasteiger charge is -2.12. The summed E-state index contributed by atoms with van der Waals surface area (Å²) in [6.45, 7) is 1.82. The van der Waals surface area contributed by atoms with Gasteiger partial charge in [-0.15, -0.1) is 0 Å². The molecular formula is C23H22N2O3. The van der Waals surface area contributed by atoms with Crippen molar-refractivity contribution in [3.63, 3.8) is 0 Å². The molecule has 0 saturated heterocycles. The van der Waals surface area contributed by atoms with Gasteiger partial charge in [0, 0.05) is 5.56 Å². The van der Waals surface area contributed by atoms with E-state index in [0.29, 0.717) is 17.0 Å². The van der Waals surface area contributed by atoms with Crippen LogP contribution >= 0.6 is 0 Å². The number of carbonyl (C=O) groups excluding carboxylic acids is 2. The summed E-state index contributed by atoms with van der Waals surface area (Å²) in [5.74, 6) is 0.0305. The van der Waals surface area contributed by atoms with Gasteiger partial charge in [-0.1, -0.05) is 30.3 Å². The fourth-order valence-corrected chi connectivity index (χ4v) is 3.81. The Morgan fingerprint density at radius 2 is 1.82 bits per heavy atom. The lowest BCUT2D eigenvalue weighted by molar-refractivity contribution is -0.115. The average Bonchev–Trinajstić information content (AvgIpc) is 3.12. The maximum Gasteiger partial charge on any atom is 0.252 e. The second-order valence-corrected chi connectivity index (χ2v) is 7.05.